The van der Waals surface area contributed by atoms with Crippen LogP contribution < -0.4 is 21.7 Å². The van der Waals surface area contributed by atoms with Crippen LogP contribution in [0.3, 0.4) is 0 Å². The third-order valence-corrected chi connectivity index (χ3v) is 11.1. The minimum atomic E-state index is -0.953. The zero-order chi connectivity index (χ0) is 40.1. The minimum absolute atomic E-state index is 0.0997. The number of hydrogen-bond donors (Lipinski definition) is 4. The van der Waals surface area contributed by atoms with Crippen molar-refractivity contribution in [3.8, 4) is 0 Å². The second-order valence-electron chi connectivity index (χ2n) is 14.4. The maximum atomic E-state index is 14.2. The molecular formula is C39H59N7O7S. The van der Waals surface area contributed by atoms with E-state index in [1.165, 1.54) is 14.2 Å². The van der Waals surface area contributed by atoms with Crippen LogP contribution in [0.2, 0.25) is 0 Å². The molecule has 0 spiro atoms. The predicted molar refractivity (Wildman–Crippen MR) is 210 cm³/mol. The van der Waals surface area contributed by atoms with Crippen molar-refractivity contribution in [2.75, 3.05) is 40.5 Å². The lowest BCUT2D eigenvalue weighted by atomic mass is 9.94. The number of methoxy groups -OCH3 is 1. The number of likely N-dealkylation sites (tertiary alicyclic amines) is 1. The van der Waals surface area contributed by atoms with Crippen molar-refractivity contribution in [2.45, 2.75) is 103 Å². The van der Waals surface area contributed by atoms with Gasteiger partial charge in [0.05, 0.1) is 25.1 Å². The predicted octanol–water partition coefficient (Wildman–Crippen LogP) is 4.47. The molecule has 15 heteroatoms. The number of ether oxygens (including phenoxy) is 2. The number of nitrogens with zero attached hydrogens (tertiary/aromatic N) is 3. The van der Waals surface area contributed by atoms with Gasteiger partial charge in [0.25, 0.3) is 5.91 Å². The number of benzene rings is 1. The first-order chi connectivity index (χ1) is 25.6. The molecule has 1 aliphatic rings. The number of carbonyl (C=O) groups excluding carboxylic acids is 5. The van der Waals surface area contributed by atoms with Crippen LogP contribution in [0.5, 0.6) is 0 Å². The molecule has 298 valence electrons. The molecular weight excluding hydrogens is 711 g/mol. The lowest BCUT2D eigenvalue weighted by molar-refractivity contribution is -0.145. The SMILES string of the molecule is C=C(C)[C@@H](C[C@@H](OC(=O)NC)c1nc(C(=O)N[C@@H](Cc2ccc(N)cc2)CC(C)C(=O)OC)cs1)N(C)C(=O)[C@@H](NC(=O)[C@H]1CCCCN1C)[C@@H](C)CC. The van der Waals surface area contributed by atoms with Crippen molar-refractivity contribution < 1.29 is 33.4 Å². The van der Waals surface area contributed by atoms with E-state index in [2.05, 4.69) is 27.5 Å². The van der Waals surface area contributed by atoms with E-state index in [0.29, 0.717) is 35.5 Å². The normalized spacial score (nSPS) is 17.8. The average Bonchev–Trinajstić information content (AvgIpc) is 3.65. The lowest BCUT2D eigenvalue weighted by Gasteiger charge is -2.37. The highest BCUT2D eigenvalue weighted by Gasteiger charge is 2.37. The fourth-order valence-corrected chi connectivity index (χ4v) is 7.49. The van der Waals surface area contributed by atoms with E-state index in [1.807, 2.05) is 37.9 Å². The highest BCUT2D eigenvalue weighted by molar-refractivity contribution is 7.09. The summed E-state index contributed by atoms with van der Waals surface area (Å²) in [6.45, 7) is 12.4. The largest absolute Gasteiger partial charge is 0.469 e. The number of nitrogen functional groups attached to an aromatic ring is 1. The van der Waals surface area contributed by atoms with Gasteiger partial charge in [-0.2, -0.15) is 0 Å². The Morgan fingerprint density at radius 1 is 1.11 bits per heavy atom. The first kappa shape index (κ1) is 43.9. The van der Waals surface area contributed by atoms with Crippen LogP contribution in [0.1, 0.15) is 93.4 Å². The van der Waals surface area contributed by atoms with Gasteiger partial charge in [-0.1, -0.05) is 57.9 Å². The highest BCUT2D eigenvalue weighted by Crippen LogP contribution is 2.31. The summed E-state index contributed by atoms with van der Waals surface area (Å²) in [5, 5.41) is 10.5. The minimum Gasteiger partial charge on any atom is -0.469 e. The van der Waals surface area contributed by atoms with E-state index in [4.69, 9.17) is 15.2 Å². The molecule has 54 heavy (non-hydrogen) atoms. The van der Waals surface area contributed by atoms with Gasteiger partial charge in [0.15, 0.2) is 6.10 Å². The molecule has 5 N–H and O–H groups in total. The van der Waals surface area contributed by atoms with Gasteiger partial charge in [-0.05, 0) is 69.8 Å². The molecule has 14 nitrogen and oxygen atoms in total. The van der Waals surface area contributed by atoms with Crippen molar-refractivity contribution in [2.24, 2.45) is 11.8 Å². The molecule has 0 saturated carbocycles. The number of thiazole rings is 1. The first-order valence-corrected chi connectivity index (χ1v) is 19.5. The summed E-state index contributed by atoms with van der Waals surface area (Å²) in [5.74, 6) is -1.93. The van der Waals surface area contributed by atoms with Crippen LogP contribution in [0.25, 0.3) is 0 Å². The topological polar surface area (TPSA) is 185 Å². The Bertz CT molecular complexity index is 1600. The molecule has 4 amide bonds. The van der Waals surface area contributed by atoms with Gasteiger partial charge in [0.1, 0.15) is 16.7 Å². The van der Waals surface area contributed by atoms with Gasteiger partial charge in [0, 0.05) is 37.6 Å². The van der Waals surface area contributed by atoms with E-state index in [9.17, 15) is 24.0 Å². The van der Waals surface area contributed by atoms with Crippen LogP contribution >= 0.6 is 11.3 Å². The molecule has 0 radical (unpaired) electrons. The average molecular weight is 770 g/mol. The molecule has 1 unspecified atom stereocenters. The molecule has 1 aromatic carbocycles. The Labute approximate surface area is 323 Å². The van der Waals surface area contributed by atoms with Gasteiger partial charge in [0.2, 0.25) is 11.8 Å². The van der Waals surface area contributed by atoms with E-state index >= 15 is 0 Å². The maximum absolute atomic E-state index is 14.2. The number of alkyl carbamates (subject to hydrolysis) is 1. The summed E-state index contributed by atoms with van der Waals surface area (Å²) in [7, 11) is 6.35. The number of rotatable bonds is 18. The molecule has 3 rings (SSSR count). The third-order valence-electron chi connectivity index (χ3n) is 10.2. The molecule has 0 bridgehead atoms. The van der Waals surface area contributed by atoms with Gasteiger partial charge in [-0.25, -0.2) is 9.78 Å². The molecule has 2 aromatic rings. The molecule has 1 aliphatic heterocycles. The number of piperidine rings is 1. The van der Waals surface area contributed by atoms with Crippen molar-refractivity contribution in [1.82, 2.24) is 30.7 Å². The van der Waals surface area contributed by atoms with E-state index in [0.717, 1.165) is 42.7 Å². The summed E-state index contributed by atoms with van der Waals surface area (Å²) >= 11 is 1.15. The van der Waals surface area contributed by atoms with E-state index in [1.54, 1.807) is 43.3 Å². The number of anilines is 1. The molecule has 1 saturated heterocycles. The van der Waals surface area contributed by atoms with E-state index < -0.39 is 42.1 Å². The fourth-order valence-electron chi connectivity index (χ4n) is 6.65. The van der Waals surface area contributed by atoms with Crippen LogP contribution in [0, 0.1) is 11.8 Å². The maximum Gasteiger partial charge on any atom is 0.407 e. The van der Waals surface area contributed by atoms with Gasteiger partial charge in [-0.3, -0.25) is 24.1 Å². The Morgan fingerprint density at radius 2 is 1.80 bits per heavy atom. The number of likely N-dealkylation sites (N-methyl/N-ethyl adjacent to an activating group) is 2. The zero-order valence-corrected chi connectivity index (χ0v) is 33.8. The van der Waals surface area contributed by atoms with Crippen molar-refractivity contribution >= 4 is 46.8 Å². The number of aromatic nitrogens is 1. The summed E-state index contributed by atoms with van der Waals surface area (Å²) in [6, 6.07) is 5.16. The molecule has 7 atom stereocenters. The lowest BCUT2D eigenvalue weighted by Crippen LogP contribution is -2.57. The Kier molecular flexibility index (Phi) is 16.9. The molecule has 1 aromatic heterocycles. The van der Waals surface area contributed by atoms with Crippen LogP contribution in [0.4, 0.5) is 10.5 Å². The number of esters is 1. The standard InChI is InChI=1S/C39H59N7O7S/c1-10-24(4)33(44-35(48)30-13-11-12-18-45(30)7)37(49)46(8)31(23(2)3)21-32(53-39(51)41-6)36-43-29(22-54-36)34(47)42-28(19-25(5)38(50)52-9)20-26-14-16-27(40)17-15-26/h14-17,22,24-25,28,30-33H,2,10-13,18-21,40H2,1,3-9H3,(H,41,51)(H,42,47)(H,44,48)/t24-,25?,28+,30+,31+,32+,33-/m0/s1. The van der Waals surface area contributed by atoms with E-state index in [-0.39, 0.29) is 41.9 Å². The zero-order valence-electron chi connectivity index (χ0n) is 33.0. The molecule has 2 heterocycles. The fraction of sp³-hybridized carbons (Fsp3) is 0.590. The number of nitrogens with two attached hydrogens (primary N) is 1. The van der Waals surface area contributed by atoms with Crippen LogP contribution in [0.15, 0.2) is 41.8 Å². The number of hydrogen-bond acceptors (Lipinski definition) is 11. The van der Waals surface area contributed by atoms with Gasteiger partial charge in [-0.15, -0.1) is 11.3 Å². The van der Waals surface area contributed by atoms with Crippen LogP contribution in [-0.4, -0.2) is 104 Å². The van der Waals surface area contributed by atoms with Crippen LogP contribution in [-0.2, 0) is 30.3 Å². The second-order valence-corrected chi connectivity index (χ2v) is 15.3. The smallest absolute Gasteiger partial charge is 0.407 e. The summed E-state index contributed by atoms with van der Waals surface area (Å²) in [5.41, 5.74) is 8.14. The Morgan fingerprint density at radius 3 is 2.39 bits per heavy atom. The Hall–Kier alpha value is -4.50. The number of carbonyl (C=O) groups is 5. The number of nitrogens with one attached hydrogen (secondary N) is 3. The van der Waals surface area contributed by atoms with Gasteiger partial charge < -0.3 is 36.1 Å². The summed E-state index contributed by atoms with van der Waals surface area (Å²) in [6.07, 6.45) is 2.57. The Balaban J connectivity index is 1.85. The summed E-state index contributed by atoms with van der Waals surface area (Å²) < 4.78 is 10.7. The summed E-state index contributed by atoms with van der Waals surface area (Å²) in [4.78, 5) is 74.3. The van der Waals surface area contributed by atoms with Crippen molar-refractivity contribution in [3.05, 3.63) is 58.1 Å². The first-order valence-electron chi connectivity index (χ1n) is 18.6. The number of amides is 4. The highest BCUT2D eigenvalue weighted by atomic mass is 32.1. The second kappa shape index (κ2) is 20.8. The quantitative estimate of drug-likeness (QED) is 0.0959. The van der Waals surface area contributed by atoms with Gasteiger partial charge >= 0.3 is 12.1 Å². The van der Waals surface area contributed by atoms with Crippen molar-refractivity contribution in [1.29, 1.82) is 0 Å². The monoisotopic (exact) mass is 769 g/mol. The van der Waals surface area contributed by atoms with Crippen molar-refractivity contribution in [3.63, 3.8) is 0 Å². The molecule has 0 aliphatic carbocycles. The third kappa shape index (κ3) is 12.3. The molecule has 1 fully saturated rings.